The fourth-order valence-electron chi connectivity index (χ4n) is 3.93. The molecule has 216 valence electrons. The first-order valence-electron chi connectivity index (χ1n) is 13.8. The van der Waals surface area contributed by atoms with Gasteiger partial charge in [0.1, 0.15) is 13.4 Å². The molecule has 1 aliphatic rings. The van der Waals surface area contributed by atoms with E-state index in [1.165, 1.54) is 6.42 Å². The number of benzene rings is 2. The summed E-state index contributed by atoms with van der Waals surface area (Å²) in [6.45, 7) is 15.2. The van der Waals surface area contributed by atoms with Gasteiger partial charge in [0.2, 0.25) is 0 Å². The number of hydrogen-bond acceptors (Lipinski definition) is 5. The highest BCUT2D eigenvalue weighted by molar-refractivity contribution is 6.33. The van der Waals surface area contributed by atoms with Crippen molar-refractivity contribution in [3.8, 4) is 0 Å². The Labute approximate surface area is 252 Å². The van der Waals surface area contributed by atoms with Crippen molar-refractivity contribution in [1.29, 1.82) is 0 Å². The van der Waals surface area contributed by atoms with Crippen LogP contribution in [-0.4, -0.2) is 60.1 Å². The molecule has 0 aliphatic carbocycles. The molecule has 2 atom stereocenters. The first-order valence-corrected chi connectivity index (χ1v) is 14.5. The van der Waals surface area contributed by atoms with Crippen LogP contribution in [0.4, 0.5) is 5.69 Å². The van der Waals surface area contributed by atoms with E-state index in [4.69, 9.17) is 36.2 Å². The van der Waals surface area contributed by atoms with Gasteiger partial charge in [-0.2, -0.15) is 0 Å². The molecule has 1 fully saturated rings. The predicted molar refractivity (Wildman–Crippen MR) is 170 cm³/mol. The van der Waals surface area contributed by atoms with Crippen molar-refractivity contribution < 1.29 is 10.2 Å². The zero-order chi connectivity index (χ0) is 29.9. The second-order valence-corrected chi connectivity index (χ2v) is 12.5. The molecule has 0 amide bonds. The summed E-state index contributed by atoms with van der Waals surface area (Å²) in [7, 11) is 6.41. The van der Waals surface area contributed by atoms with E-state index >= 15 is 0 Å². The Morgan fingerprint density at radius 1 is 1.00 bits per heavy atom. The molecule has 2 aromatic carbocycles. The van der Waals surface area contributed by atoms with Gasteiger partial charge in [-0.15, -0.1) is 0 Å². The maximum atomic E-state index is 10.9. The van der Waals surface area contributed by atoms with Crippen molar-refractivity contribution in [3.63, 3.8) is 0 Å². The number of anilines is 1. The van der Waals surface area contributed by atoms with Gasteiger partial charge < -0.3 is 15.1 Å². The first-order chi connectivity index (χ1) is 18.8. The molecule has 1 aliphatic heterocycles. The largest absolute Gasteiger partial charge is 0.390 e. The Morgan fingerprint density at radius 3 is 2.10 bits per heavy atom. The number of halogens is 2. The monoisotopic (exact) mass is 583 g/mol. The first kappa shape index (κ1) is 34.1. The third-order valence-electron chi connectivity index (χ3n) is 6.85. The van der Waals surface area contributed by atoms with Crippen LogP contribution in [0.25, 0.3) is 0 Å². The minimum atomic E-state index is -1.05. The van der Waals surface area contributed by atoms with E-state index < -0.39 is 5.60 Å². The summed E-state index contributed by atoms with van der Waals surface area (Å²) in [6.07, 6.45) is 2.89. The lowest BCUT2D eigenvalue weighted by Gasteiger charge is -2.44. The minimum absolute atomic E-state index is 0.110. The van der Waals surface area contributed by atoms with Crippen LogP contribution >= 0.6 is 23.2 Å². The second-order valence-electron chi connectivity index (χ2n) is 11.6. The Bertz CT molecular complexity index is 1160. The number of aliphatic hydroxyl groups excluding tert-OH is 1. The lowest BCUT2D eigenvalue weighted by atomic mass is 9.89. The average molecular weight is 584 g/mol. The van der Waals surface area contributed by atoms with Gasteiger partial charge in [-0.05, 0) is 55.2 Å². The molecule has 3 aromatic rings. The third-order valence-corrected chi connectivity index (χ3v) is 7.40. The molecular weight excluding hydrogens is 540 g/mol. The quantitative estimate of drug-likeness (QED) is 0.322. The van der Waals surface area contributed by atoms with E-state index in [1.54, 1.807) is 25.3 Å². The summed E-state index contributed by atoms with van der Waals surface area (Å²) in [5.41, 5.74) is 2.86. The normalized spacial score (nSPS) is 17.1. The van der Waals surface area contributed by atoms with Crippen LogP contribution in [0.15, 0.2) is 66.9 Å². The number of β-amino-alcohol motifs (C(OH)–C–C–N with tert-alkyl or cyclic N) is 1. The molecule has 8 heteroatoms. The van der Waals surface area contributed by atoms with Crippen molar-refractivity contribution >= 4 is 36.7 Å². The highest BCUT2D eigenvalue weighted by atomic mass is 35.5. The van der Waals surface area contributed by atoms with Crippen LogP contribution in [0.3, 0.4) is 0 Å². The molecule has 5 nitrogen and oxygen atoms in total. The van der Waals surface area contributed by atoms with Gasteiger partial charge in [0, 0.05) is 48.9 Å². The zero-order valence-corrected chi connectivity index (χ0v) is 26.3. The highest BCUT2D eigenvalue weighted by Crippen LogP contribution is 2.30. The molecule has 0 bridgehead atoms. The van der Waals surface area contributed by atoms with Crippen molar-refractivity contribution in [2.75, 3.05) is 31.1 Å². The molecular formula is C32H44BCl2N3O2. The Hall–Kier alpha value is -2.09. The Morgan fingerprint density at radius 2 is 1.65 bits per heavy atom. The fraction of sp³-hybridized carbons (Fsp3) is 0.469. The van der Waals surface area contributed by atoms with Crippen LogP contribution < -0.4 is 4.90 Å². The van der Waals surface area contributed by atoms with Gasteiger partial charge in [-0.1, -0.05) is 87.6 Å². The molecule has 4 rings (SSSR count). The summed E-state index contributed by atoms with van der Waals surface area (Å²) in [4.78, 5) is 8.44. The van der Waals surface area contributed by atoms with Crippen molar-refractivity contribution in [2.24, 2.45) is 5.41 Å². The van der Waals surface area contributed by atoms with Crippen LogP contribution in [0.5, 0.6) is 0 Å². The number of aliphatic hydroxyl groups is 2. The van der Waals surface area contributed by atoms with Crippen molar-refractivity contribution in [2.45, 2.75) is 66.1 Å². The smallest absolute Gasteiger partial charge is 0.101 e. The van der Waals surface area contributed by atoms with Crippen molar-refractivity contribution in [3.05, 3.63) is 93.7 Å². The molecule has 2 N–H and O–H groups in total. The fourth-order valence-corrected chi connectivity index (χ4v) is 4.42. The third kappa shape index (κ3) is 11.4. The van der Waals surface area contributed by atoms with Crippen LogP contribution in [0.1, 0.15) is 57.9 Å². The predicted octanol–water partition coefficient (Wildman–Crippen LogP) is 6.84. The van der Waals surface area contributed by atoms with Gasteiger partial charge in [0.05, 0.1) is 23.0 Å². The summed E-state index contributed by atoms with van der Waals surface area (Å²) < 4.78 is 0. The van der Waals surface area contributed by atoms with Gasteiger partial charge in [0.15, 0.2) is 0 Å². The van der Waals surface area contributed by atoms with Crippen LogP contribution in [-0.2, 0) is 12.2 Å². The van der Waals surface area contributed by atoms with Gasteiger partial charge >= 0.3 is 0 Å². The number of piperazine rings is 1. The van der Waals surface area contributed by atoms with Crippen LogP contribution in [0, 0.1) is 12.3 Å². The average Bonchev–Trinajstić information content (AvgIpc) is 2.90. The molecule has 1 aromatic heterocycles. The summed E-state index contributed by atoms with van der Waals surface area (Å²) >= 11 is 11.9. The van der Waals surface area contributed by atoms with E-state index in [9.17, 15) is 5.11 Å². The summed E-state index contributed by atoms with van der Waals surface area (Å²) in [6, 6.07) is 19.0. The maximum absolute atomic E-state index is 10.9. The lowest BCUT2D eigenvalue weighted by Crippen LogP contribution is -2.56. The molecule has 2 radical (unpaired) electrons. The van der Waals surface area contributed by atoms with Crippen LogP contribution in [0.2, 0.25) is 10.0 Å². The van der Waals surface area contributed by atoms with E-state index in [0.29, 0.717) is 29.2 Å². The van der Waals surface area contributed by atoms with Gasteiger partial charge in [-0.25, -0.2) is 0 Å². The SMILES string of the molecule is CCC(C)(C)C.Clc1ccccc1.[B][C@@H]1CN(CC(C)(O)c2ccc(CO)nc2)CCN1c1ccc(C)cc1Cl. The maximum Gasteiger partial charge on any atom is 0.101 e. The topological polar surface area (TPSA) is 59.8 Å². The lowest BCUT2D eigenvalue weighted by molar-refractivity contribution is 0.0127. The zero-order valence-electron chi connectivity index (χ0n) is 24.7. The number of aryl methyl sites for hydroxylation is 1. The number of hydrogen-bond donors (Lipinski definition) is 2. The van der Waals surface area contributed by atoms with E-state index in [1.807, 2.05) is 55.5 Å². The van der Waals surface area contributed by atoms with Gasteiger partial charge in [-0.3, -0.25) is 9.88 Å². The molecule has 0 saturated carbocycles. The van der Waals surface area contributed by atoms with E-state index in [-0.39, 0.29) is 12.5 Å². The standard InChI is InChI=1S/C20H25BClN3O2.C6H5Cl.C6H14/c1-14-3-6-18(17(22)9-14)25-8-7-24(11-19(25)21)13-20(2,27)15-4-5-16(12-26)23-10-15;7-6-4-2-1-3-5-6;1-5-6(2,3)4/h3-6,9-10,19,26-27H,7-8,11-13H2,1-2H3;1-5H;5H2,1-4H3/t19-,20?;;/m0../s1. The minimum Gasteiger partial charge on any atom is -0.390 e. The molecule has 40 heavy (non-hydrogen) atoms. The Kier molecular flexibility index (Phi) is 13.5. The molecule has 1 unspecified atom stereocenters. The van der Waals surface area contributed by atoms with Crippen molar-refractivity contribution in [1.82, 2.24) is 9.88 Å². The molecule has 2 heterocycles. The summed E-state index contributed by atoms with van der Waals surface area (Å²) in [5.74, 6) is -0.204. The highest BCUT2D eigenvalue weighted by Gasteiger charge is 2.31. The Balaban J connectivity index is 0.000000354. The van der Waals surface area contributed by atoms with E-state index in [0.717, 1.165) is 34.9 Å². The van der Waals surface area contributed by atoms with Gasteiger partial charge in [0.25, 0.3) is 0 Å². The summed E-state index contributed by atoms with van der Waals surface area (Å²) in [5, 5.41) is 21.5. The number of rotatable bonds is 5. The number of pyridine rings is 1. The number of aromatic nitrogens is 1. The van der Waals surface area contributed by atoms with E-state index in [2.05, 4.69) is 42.5 Å². The molecule has 0 spiro atoms. The molecule has 1 saturated heterocycles. The number of nitrogens with zero attached hydrogens (tertiary/aromatic N) is 3. The second kappa shape index (κ2) is 15.8.